The second-order valence-electron chi connectivity index (χ2n) is 5.77. The highest BCUT2D eigenvalue weighted by Gasteiger charge is 2.32. The maximum atomic E-state index is 12.5. The number of aryl methyl sites for hydroxylation is 1. The fourth-order valence-electron chi connectivity index (χ4n) is 2.83. The summed E-state index contributed by atoms with van der Waals surface area (Å²) in [6, 6.07) is 12.5. The van der Waals surface area contributed by atoms with Crippen molar-refractivity contribution in [3.8, 4) is 11.5 Å². The standard InChI is InChI=1S/C19H16N2O3/c1-2-11-3-8-16-13(9-11)10-15-18(23)20-17(21-19(15)24-16)12-4-6-14(22)7-5-12/h3-10,19,22H,2H2,1H3,(H,20,21,23). The molecule has 0 spiro atoms. The summed E-state index contributed by atoms with van der Waals surface area (Å²) in [7, 11) is 0. The average Bonchev–Trinajstić information content (AvgIpc) is 2.60. The number of aliphatic imine (C=N–C) groups is 1. The molecule has 2 heterocycles. The minimum Gasteiger partial charge on any atom is -0.508 e. The van der Waals surface area contributed by atoms with Gasteiger partial charge in [0.15, 0.2) is 0 Å². The third-order valence-electron chi connectivity index (χ3n) is 4.18. The van der Waals surface area contributed by atoms with Crippen LogP contribution in [-0.2, 0) is 11.2 Å². The second kappa shape index (κ2) is 5.53. The first-order valence-corrected chi connectivity index (χ1v) is 7.84. The molecule has 0 radical (unpaired) electrons. The number of phenols is 1. The van der Waals surface area contributed by atoms with Gasteiger partial charge in [-0.1, -0.05) is 13.0 Å². The predicted molar refractivity (Wildman–Crippen MR) is 91.0 cm³/mol. The Labute approximate surface area is 139 Å². The first kappa shape index (κ1) is 14.5. The molecular formula is C19H16N2O3. The minimum atomic E-state index is -0.650. The number of ether oxygens (including phenoxy) is 1. The van der Waals surface area contributed by atoms with E-state index in [2.05, 4.69) is 17.2 Å². The largest absolute Gasteiger partial charge is 0.508 e. The van der Waals surface area contributed by atoms with E-state index in [1.54, 1.807) is 24.3 Å². The van der Waals surface area contributed by atoms with Crippen molar-refractivity contribution in [3.05, 3.63) is 64.7 Å². The molecule has 5 heteroatoms. The summed E-state index contributed by atoms with van der Waals surface area (Å²) in [6.07, 6.45) is 2.12. The van der Waals surface area contributed by atoms with Crippen molar-refractivity contribution in [1.82, 2.24) is 5.32 Å². The molecule has 0 saturated carbocycles. The summed E-state index contributed by atoms with van der Waals surface area (Å²) in [6.45, 7) is 2.09. The smallest absolute Gasteiger partial charge is 0.258 e. The van der Waals surface area contributed by atoms with Gasteiger partial charge in [-0.15, -0.1) is 0 Å². The Hall–Kier alpha value is -3.08. The molecule has 2 aromatic rings. The summed E-state index contributed by atoms with van der Waals surface area (Å²) in [5.41, 5.74) is 3.31. The van der Waals surface area contributed by atoms with Gasteiger partial charge < -0.3 is 15.2 Å². The molecule has 4 rings (SSSR count). The number of hydrogen-bond donors (Lipinski definition) is 2. The normalized spacial score (nSPS) is 18.5. The predicted octanol–water partition coefficient (Wildman–Crippen LogP) is 2.63. The van der Waals surface area contributed by atoms with Crippen molar-refractivity contribution in [2.24, 2.45) is 4.99 Å². The molecule has 2 aliphatic rings. The zero-order valence-electron chi connectivity index (χ0n) is 13.1. The zero-order valence-corrected chi connectivity index (χ0v) is 13.1. The van der Waals surface area contributed by atoms with E-state index < -0.39 is 6.23 Å². The SMILES string of the molecule is CCc1ccc2c(c1)C=C1C(=O)NC(c3ccc(O)cc3)=NC1O2. The molecule has 0 fully saturated rings. The van der Waals surface area contributed by atoms with E-state index in [0.717, 1.165) is 23.3 Å². The molecular weight excluding hydrogens is 304 g/mol. The lowest BCUT2D eigenvalue weighted by Gasteiger charge is -2.28. The number of aromatic hydroxyl groups is 1. The second-order valence-corrected chi connectivity index (χ2v) is 5.77. The first-order valence-electron chi connectivity index (χ1n) is 7.84. The summed E-state index contributed by atoms with van der Waals surface area (Å²) in [4.78, 5) is 17.0. The van der Waals surface area contributed by atoms with Crippen molar-refractivity contribution in [2.45, 2.75) is 19.6 Å². The molecule has 1 amide bonds. The molecule has 5 nitrogen and oxygen atoms in total. The Morgan fingerprint density at radius 1 is 1.21 bits per heavy atom. The highest BCUT2D eigenvalue weighted by molar-refractivity contribution is 6.16. The van der Waals surface area contributed by atoms with E-state index in [9.17, 15) is 9.90 Å². The quantitative estimate of drug-likeness (QED) is 0.893. The van der Waals surface area contributed by atoms with Crippen molar-refractivity contribution >= 4 is 17.8 Å². The fourth-order valence-corrected chi connectivity index (χ4v) is 2.83. The maximum absolute atomic E-state index is 12.5. The third kappa shape index (κ3) is 2.44. The van der Waals surface area contributed by atoms with Crippen LogP contribution in [0.1, 0.15) is 23.6 Å². The number of amidine groups is 1. The molecule has 0 bridgehead atoms. The Kier molecular flexibility index (Phi) is 3.34. The summed E-state index contributed by atoms with van der Waals surface area (Å²) < 4.78 is 5.92. The van der Waals surface area contributed by atoms with Crippen LogP contribution in [0.3, 0.4) is 0 Å². The molecule has 0 aliphatic carbocycles. The molecule has 0 saturated heterocycles. The van der Waals surface area contributed by atoms with Crippen LogP contribution in [0.15, 0.2) is 53.0 Å². The van der Waals surface area contributed by atoms with Gasteiger partial charge in [0.25, 0.3) is 5.91 Å². The van der Waals surface area contributed by atoms with Gasteiger partial charge in [0.2, 0.25) is 6.23 Å². The molecule has 1 atom stereocenters. The van der Waals surface area contributed by atoms with Crippen LogP contribution in [0.5, 0.6) is 11.5 Å². The van der Waals surface area contributed by atoms with E-state index in [0.29, 0.717) is 11.4 Å². The van der Waals surface area contributed by atoms with Crippen molar-refractivity contribution < 1.29 is 14.6 Å². The van der Waals surface area contributed by atoms with Crippen LogP contribution >= 0.6 is 0 Å². The lowest BCUT2D eigenvalue weighted by molar-refractivity contribution is -0.117. The Morgan fingerprint density at radius 2 is 2.00 bits per heavy atom. The van der Waals surface area contributed by atoms with E-state index in [1.165, 1.54) is 5.56 Å². The van der Waals surface area contributed by atoms with Crippen molar-refractivity contribution in [3.63, 3.8) is 0 Å². The summed E-state index contributed by atoms with van der Waals surface area (Å²) in [5, 5.41) is 12.2. The highest BCUT2D eigenvalue weighted by Crippen LogP contribution is 2.32. The van der Waals surface area contributed by atoms with E-state index in [4.69, 9.17) is 4.74 Å². The van der Waals surface area contributed by atoms with Crippen molar-refractivity contribution in [1.29, 1.82) is 0 Å². The van der Waals surface area contributed by atoms with Gasteiger partial charge in [-0.25, -0.2) is 4.99 Å². The van der Waals surface area contributed by atoms with Gasteiger partial charge in [0.1, 0.15) is 17.3 Å². The van der Waals surface area contributed by atoms with Gasteiger partial charge in [0, 0.05) is 11.1 Å². The van der Waals surface area contributed by atoms with Gasteiger partial charge in [0.05, 0.1) is 5.57 Å². The number of benzene rings is 2. The summed E-state index contributed by atoms with van der Waals surface area (Å²) in [5.74, 6) is 1.11. The zero-order chi connectivity index (χ0) is 16.7. The lowest BCUT2D eigenvalue weighted by Crippen LogP contribution is -2.43. The number of nitrogens with one attached hydrogen (secondary N) is 1. The van der Waals surface area contributed by atoms with E-state index in [1.807, 2.05) is 24.3 Å². The van der Waals surface area contributed by atoms with Crippen molar-refractivity contribution in [2.75, 3.05) is 0 Å². The van der Waals surface area contributed by atoms with Crippen LogP contribution in [0, 0.1) is 0 Å². The first-order chi connectivity index (χ1) is 11.6. The van der Waals surface area contributed by atoms with E-state index >= 15 is 0 Å². The van der Waals surface area contributed by atoms with Gasteiger partial charge in [-0.3, -0.25) is 4.79 Å². The number of nitrogens with zero attached hydrogens (tertiary/aromatic N) is 1. The summed E-state index contributed by atoms with van der Waals surface area (Å²) >= 11 is 0. The minimum absolute atomic E-state index is 0.164. The van der Waals surface area contributed by atoms with Gasteiger partial charge >= 0.3 is 0 Å². The lowest BCUT2D eigenvalue weighted by atomic mass is 10.0. The number of phenolic OH excluding ortho intramolecular Hbond substituents is 1. The fraction of sp³-hybridized carbons (Fsp3) is 0.158. The molecule has 1 unspecified atom stereocenters. The molecule has 2 N–H and O–H groups in total. The number of carbonyl (C=O) groups is 1. The van der Waals surface area contributed by atoms with Crippen LogP contribution in [0.4, 0.5) is 0 Å². The Bertz CT molecular complexity index is 882. The van der Waals surface area contributed by atoms with Crippen LogP contribution in [0.2, 0.25) is 0 Å². The number of fused-ring (bicyclic) bond motifs is 2. The molecule has 24 heavy (non-hydrogen) atoms. The third-order valence-corrected chi connectivity index (χ3v) is 4.18. The molecule has 2 aromatic carbocycles. The Morgan fingerprint density at radius 3 is 2.75 bits per heavy atom. The average molecular weight is 320 g/mol. The number of carbonyl (C=O) groups excluding carboxylic acids is 1. The maximum Gasteiger partial charge on any atom is 0.258 e. The number of amides is 1. The van der Waals surface area contributed by atoms with Crippen LogP contribution in [0.25, 0.3) is 6.08 Å². The van der Waals surface area contributed by atoms with Crippen LogP contribution in [-0.4, -0.2) is 23.1 Å². The molecule has 120 valence electrons. The highest BCUT2D eigenvalue weighted by atomic mass is 16.5. The number of hydrogen-bond acceptors (Lipinski definition) is 4. The monoisotopic (exact) mass is 320 g/mol. The molecule has 0 aromatic heterocycles. The number of rotatable bonds is 2. The van der Waals surface area contributed by atoms with Crippen LogP contribution < -0.4 is 10.1 Å². The Balaban J connectivity index is 1.72. The van der Waals surface area contributed by atoms with Gasteiger partial charge in [-0.2, -0.15) is 0 Å². The molecule has 2 aliphatic heterocycles. The topological polar surface area (TPSA) is 70.9 Å². The van der Waals surface area contributed by atoms with Gasteiger partial charge in [-0.05, 0) is 54.5 Å². The van der Waals surface area contributed by atoms with E-state index in [-0.39, 0.29) is 11.7 Å².